The van der Waals surface area contributed by atoms with Crippen LogP contribution in [0, 0.1) is 0 Å². The second-order valence-corrected chi connectivity index (χ2v) is 4.13. The molecule has 0 aliphatic rings. The number of hydrogen-bond acceptors (Lipinski definition) is 4. The molecule has 0 spiro atoms. The number of carboxylic acid groups (broad SMARTS) is 1. The number of ether oxygens (including phenoxy) is 1. The summed E-state index contributed by atoms with van der Waals surface area (Å²) in [5, 5.41) is 9.12. The summed E-state index contributed by atoms with van der Waals surface area (Å²) in [4.78, 5) is 19.3. The molecule has 0 aromatic carbocycles. The van der Waals surface area contributed by atoms with Crippen LogP contribution in [0.3, 0.4) is 0 Å². The van der Waals surface area contributed by atoms with Gasteiger partial charge in [0.05, 0.1) is 18.0 Å². The van der Waals surface area contributed by atoms with E-state index in [-0.39, 0.29) is 6.10 Å². The van der Waals surface area contributed by atoms with E-state index in [1.807, 2.05) is 20.8 Å². The minimum Gasteiger partial charge on any atom is -0.481 e. The van der Waals surface area contributed by atoms with Gasteiger partial charge in [0.25, 0.3) is 0 Å². The summed E-state index contributed by atoms with van der Waals surface area (Å²) in [5.41, 5.74) is 0.456. The molecule has 1 aromatic heterocycles. The maximum Gasteiger partial charge on any atom is 0.312 e. The second kappa shape index (κ2) is 6.18. The molecule has 0 amide bonds. The smallest absolute Gasteiger partial charge is 0.312 e. The molecule has 5 heteroatoms. The lowest BCUT2D eigenvalue weighted by molar-refractivity contribution is -0.139. The quantitative estimate of drug-likeness (QED) is 0.822. The van der Waals surface area contributed by atoms with Crippen LogP contribution in [0.2, 0.25) is 0 Å². The van der Waals surface area contributed by atoms with Gasteiger partial charge < -0.3 is 9.84 Å². The first kappa shape index (κ1) is 13.4. The summed E-state index contributed by atoms with van der Waals surface area (Å²) in [6.07, 6.45) is 4.31. The Morgan fingerprint density at radius 1 is 1.47 bits per heavy atom. The number of carbonyl (C=O) groups is 1. The van der Waals surface area contributed by atoms with Crippen molar-refractivity contribution in [3.8, 4) is 5.88 Å². The van der Waals surface area contributed by atoms with Crippen molar-refractivity contribution in [1.82, 2.24) is 9.97 Å². The normalized spacial score (nSPS) is 12.5. The topological polar surface area (TPSA) is 72.3 Å². The van der Waals surface area contributed by atoms with Gasteiger partial charge >= 0.3 is 5.97 Å². The van der Waals surface area contributed by atoms with Crippen LogP contribution in [-0.2, 0) is 4.79 Å². The van der Waals surface area contributed by atoms with E-state index in [1.54, 1.807) is 0 Å². The van der Waals surface area contributed by atoms with E-state index in [9.17, 15) is 4.79 Å². The van der Waals surface area contributed by atoms with Crippen LogP contribution >= 0.6 is 0 Å². The molecule has 1 aromatic rings. The Bertz CT molecular complexity index is 380. The molecule has 1 atom stereocenters. The first-order valence-electron chi connectivity index (χ1n) is 5.76. The summed E-state index contributed by atoms with van der Waals surface area (Å²) in [6.45, 7) is 5.71. The third kappa shape index (κ3) is 4.01. The van der Waals surface area contributed by atoms with Crippen molar-refractivity contribution < 1.29 is 14.6 Å². The van der Waals surface area contributed by atoms with E-state index in [4.69, 9.17) is 9.84 Å². The fraction of sp³-hybridized carbons (Fsp3) is 0.583. The highest BCUT2D eigenvalue weighted by molar-refractivity contribution is 5.75. The highest BCUT2D eigenvalue weighted by atomic mass is 16.5. The van der Waals surface area contributed by atoms with Crippen LogP contribution in [-0.4, -0.2) is 27.1 Å². The first-order valence-corrected chi connectivity index (χ1v) is 5.76. The van der Waals surface area contributed by atoms with Crippen molar-refractivity contribution >= 4 is 5.97 Å². The molecule has 17 heavy (non-hydrogen) atoms. The van der Waals surface area contributed by atoms with Gasteiger partial charge in [-0.15, -0.1) is 0 Å². The fourth-order valence-corrected chi connectivity index (χ4v) is 1.52. The number of rotatable bonds is 6. The summed E-state index contributed by atoms with van der Waals surface area (Å²) in [5.74, 6) is -1.11. The van der Waals surface area contributed by atoms with E-state index in [2.05, 4.69) is 9.97 Å². The van der Waals surface area contributed by atoms with Crippen molar-refractivity contribution in [2.75, 3.05) is 0 Å². The zero-order valence-corrected chi connectivity index (χ0v) is 10.4. The van der Waals surface area contributed by atoms with Crippen molar-refractivity contribution in [3.05, 3.63) is 18.1 Å². The van der Waals surface area contributed by atoms with Gasteiger partial charge in [-0.1, -0.05) is 13.3 Å². The van der Waals surface area contributed by atoms with Crippen LogP contribution in [0.4, 0.5) is 0 Å². The molecule has 0 radical (unpaired) electrons. The van der Waals surface area contributed by atoms with Crippen LogP contribution < -0.4 is 4.74 Å². The van der Waals surface area contributed by atoms with E-state index in [0.29, 0.717) is 18.0 Å². The molecule has 1 unspecified atom stereocenters. The van der Waals surface area contributed by atoms with Crippen molar-refractivity contribution in [1.29, 1.82) is 0 Å². The average molecular weight is 238 g/mol. The Kier molecular flexibility index (Phi) is 4.87. The number of aliphatic carboxylic acids is 1. The number of carboxylic acids is 1. The predicted molar refractivity (Wildman–Crippen MR) is 63.1 cm³/mol. The molecule has 1 heterocycles. The number of hydrogen-bond donors (Lipinski definition) is 1. The van der Waals surface area contributed by atoms with Crippen molar-refractivity contribution in [3.63, 3.8) is 0 Å². The minimum atomic E-state index is -0.872. The van der Waals surface area contributed by atoms with Crippen LogP contribution in [0.25, 0.3) is 0 Å². The van der Waals surface area contributed by atoms with Crippen molar-refractivity contribution in [2.24, 2.45) is 0 Å². The van der Waals surface area contributed by atoms with Gasteiger partial charge in [0, 0.05) is 6.20 Å². The predicted octanol–water partition coefficient (Wildman–Crippen LogP) is 2.23. The molecule has 0 fully saturated rings. The van der Waals surface area contributed by atoms with Crippen LogP contribution in [0.1, 0.15) is 45.2 Å². The molecule has 1 rings (SSSR count). The average Bonchev–Trinajstić information content (AvgIpc) is 2.24. The van der Waals surface area contributed by atoms with E-state index in [0.717, 1.165) is 6.42 Å². The lowest BCUT2D eigenvalue weighted by atomic mass is 10.0. The maximum absolute atomic E-state index is 11.1. The Hall–Kier alpha value is -1.65. The maximum atomic E-state index is 11.1. The van der Waals surface area contributed by atoms with Gasteiger partial charge in [-0.3, -0.25) is 9.78 Å². The third-order valence-corrected chi connectivity index (χ3v) is 2.22. The molecule has 0 bridgehead atoms. The van der Waals surface area contributed by atoms with E-state index >= 15 is 0 Å². The molecule has 5 nitrogen and oxygen atoms in total. The van der Waals surface area contributed by atoms with E-state index < -0.39 is 11.9 Å². The zero-order valence-electron chi connectivity index (χ0n) is 10.4. The molecular formula is C12H18N2O3. The Morgan fingerprint density at radius 2 is 2.18 bits per heavy atom. The highest BCUT2D eigenvalue weighted by Crippen LogP contribution is 2.21. The summed E-state index contributed by atoms with van der Waals surface area (Å²) >= 11 is 0. The standard InChI is InChI=1S/C12H18N2O3/c1-4-5-9(12(15)16)10-6-13-7-11(14-10)17-8(2)3/h6-9H,4-5H2,1-3H3,(H,15,16). The lowest BCUT2D eigenvalue weighted by Gasteiger charge is -2.13. The Labute approximate surface area is 101 Å². The van der Waals surface area contributed by atoms with Crippen molar-refractivity contribution in [2.45, 2.75) is 45.6 Å². The van der Waals surface area contributed by atoms with Gasteiger partial charge in [-0.2, -0.15) is 0 Å². The summed E-state index contributed by atoms with van der Waals surface area (Å²) < 4.78 is 5.40. The number of nitrogens with zero attached hydrogens (tertiary/aromatic N) is 2. The van der Waals surface area contributed by atoms with Gasteiger partial charge in [-0.25, -0.2) is 4.98 Å². The molecule has 0 aliphatic heterocycles. The highest BCUT2D eigenvalue weighted by Gasteiger charge is 2.21. The molecular weight excluding hydrogens is 220 g/mol. The minimum absolute atomic E-state index is 0.00555. The summed E-state index contributed by atoms with van der Waals surface area (Å²) in [6, 6.07) is 0. The summed E-state index contributed by atoms with van der Waals surface area (Å²) in [7, 11) is 0. The van der Waals surface area contributed by atoms with Gasteiger partial charge in [0.15, 0.2) is 0 Å². The third-order valence-electron chi connectivity index (χ3n) is 2.22. The monoisotopic (exact) mass is 238 g/mol. The first-order chi connectivity index (χ1) is 8.04. The largest absolute Gasteiger partial charge is 0.481 e. The SMILES string of the molecule is CCCC(C(=O)O)c1cncc(OC(C)C)n1. The lowest BCUT2D eigenvalue weighted by Crippen LogP contribution is -2.15. The van der Waals surface area contributed by atoms with Gasteiger partial charge in [0.1, 0.15) is 5.92 Å². The van der Waals surface area contributed by atoms with Crippen LogP contribution in [0.15, 0.2) is 12.4 Å². The molecule has 0 aliphatic carbocycles. The molecule has 1 N–H and O–H groups in total. The second-order valence-electron chi connectivity index (χ2n) is 4.13. The molecule has 94 valence electrons. The molecule has 0 saturated carbocycles. The Balaban J connectivity index is 2.91. The van der Waals surface area contributed by atoms with Gasteiger partial charge in [0.2, 0.25) is 5.88 Å². The van der Waals surface area contributed by atoms with Crippen LogP contribution in [0.5, 0.6) is 5.88 Å². The number of aromatic nitrogens is 2. The zero-order chi connectivity index (χ0) is 12.8. The van der Waals surface area contributed by atoms with Gasteiger partial charge in [-0.05, 0) is 20.3 Å². The molecule has 0 saturated heterocycles. The van der Waals surface area contributed by atoms with E-state index in [1.165, 1.54) is 12.4 Å². The Morgan fingerprint density at radius 3 is 2.71 bits per heavy atom. The fourth-order valence-electron chi connectivity index (χ4n) is 1.52.